The van der Waals surface area contributed by atoms with Gasteiger partial charge < -0.3 is 9.84 Å². The first-order valence-corrected chi connectivity index (χ1v) is 4.66. The van der Waals surface area contributed by atoms with Crippen molar-refractivity contribution in [1.29, 1.82) is 0 Å². The van der Waals surface area contributed by atoms with Gasteiger partial charge in [-0.2, -0.15) is 0 Å². The Labute approximate surface area is 83.5 Å². The van der Waals surface area contributed by atoms with Gasteiger partial charge >= 0.3 is 0 Å². The van der Waals surface area contributed by atoms with E-state index in [0.717, 1.165) is 11.3 Å². The SMILES string of the molecule is C#CCC(O)C1COc2ccccc21. The van der Waals surface area contributed by atoms with Gasteiger partial charge in [0.1, 0.15) is 5.75 Å². The summed E-state index contributed by atoms with van der Waals surface area (Å²) in [6, 6.07) is 7.77. The van der Waals surface area contributed by atoms with Gasteiger partial charge in [0.25, 0.3) is 0 Å². The highest BCUT2D eigenvalue weighted by Crippen LogP contribution is 2.36. The Kier molecular flexibility index (Phi) is 2.43. The zero-order valence-corrected chi connectivity index (χ0v) is 7.81. The lowest BCUT2D eigenvalue weighted by Crippen LogP contribution is -2.19. The molecule has 72 valence electrons. The number of terminal acetylenes is 1. The number of hydrogen-bond donors (Lipinski definition) is 1. The summed E-state index contributed by atoms with van der Waals surface area (Å²) in [5, 5.41) is 9.77. The molecule has 0 fully saturated rings. The number of benzene rings is 1. The molecule has 2 nitrogen and oxygen atoms in total. The third-order valence-corrected chi connectivity index (χ3v) is 2.53. The van der Waals surface area contributed by atoms with E-state index in [1.54, 1.807) is 0 Å². The van der Waals surface area contributed by atoms with Crippen LogP contribution in [0.4, 0.5) is 0 Å². The lowest BCUT2D eigenvalue weighted by atomic mass is 9.94. The Morgan fingerprint density at radius 1 is 1.57 bits per heavy atom. The summed E-state index contributed by atoms with van der Waals surface area (Å²) in [6.07, 6.45) is 5.05. The van der Waals surface area contributed by atoms with Crippen molar-refractivity contribution in [3.63, 3.8) is 0 Å². The van der Waals surface area contributed by atoms with Crippen LogP contribution in [0.3, 0.4) is 0 Å². The molecule has 1 heterocycles. The maximum absolute atomic E-state index is 9.77. The van der Waals surface area contributed by atoms with Gasteiger partial charge in [-0.3, -0.25) is 0 Å². The van der Waals surface area contributed by atoms with E-state index in [9.17, 15) is 5.11 Å². The highest BCUT2D eigenvalue weighted by molar-refractivity contribution is 5.40. The predicted molar refractivity (Wildman–Crippen MR) is 54.1 cm³/mol. The summed E-state index contributed by atoms with van der Waals surface area (Å²) >= 11 is 0. The smallest absolute Gasteiger partial charge is 0.123 e. The van der Waals surface area contributed by atoms with E-state index in [1.807, 2.05) is 24.3 Å². The van der Waals surface area contributed by atoms with Crippen LogP contribution in [-0.2, 0) is 0 Å². The molecule has 0 saturated carbocycles. The molecule has 0 aromatic heterocycles. The van der Waals surface area contributed by atoms with Crippen LogP contribution in [-0.4, -0.2) is 17.8 Å². The molecule has 2 rings (SSSR count). The summed E-state index contributed by atoms with van der Waals surface area (Å²) in [5.74, 6) is 3.37. The molecule has 0 radical (unpaired) electrons. The second-order valence-corrected chi connectivity index (χ2v) is 3.43. The first kappa shape index (κ1) is 9.11. The number of rotatable bonds is 2. The van der Waals surface area contributed by atoms with E-state index in [4.69, 9.17) is 11.2 Å². The number of fused-ring (bicyclic) bond motifs is 1. The molecule has 0 aliphatic carbocycles. The molecule has 2 heteroatoms. The summed E-state index contributed by atoms with van der Waals surface area (Å²) in [7, 11) is 0. The fourth-order valence-corrected chi connectivity index (χ4v) is 1.77. The van der Waals surface area contributed by atoms with Gasteiger partial charge in [0.15, 0.2) is 0 Å². The Balaban J connectivity index is 2.22. The minimum absolute atomic E-state index is 0.0299. The van der Waals surface area contributed by atoms with Crippen LogP contribution in [0.15, 0.2) is 24.3 Å². The molecule has 1 aliphatic rings. The van der Waals surface area contributed by atoms with Crippen molar-refractivity contribution in [3.05, 3.63) is 29.8 Å². The molecule has 1 aromatic carbocycles. The van der Waals surface area contributed by atoms with Gasteiger partial charge in [0.05, 0.1) is 12.7 Å². The van der Waals surface area contributed by atoms with E-state index in [2.05, 4.69) is 5.92 Å². The van der Waals surface area contributed by atoms with E-state index in [1.165, 1.54) is 0 Å². The third kappa shape index (κ3) is 1.47. The first-order valence-electron chi connectivity index (χ1n) is 4.66. The standard InChI is InChI=1S/C12H12O2/c1-2-5-11(13)10-8-14-12-7-4-3-6-9(10)12/h1,3-4,6-7,10-11,13H,5,8H2. The van der Waals surface area contributed by atoms with Crippen molar-refractivity contribution in [2.75, 3.05) is 6.61 Å². The second-order valence-electron chi connectivity index (χ2n) is 3.43. The summed E-state index contributed by atoms with van der Waals surface area (Å²) in [6.45, 7) is 0.530. The maximum Gasteiger partial charge on any atom is 0.123 e. The topological polar surface area (TPSA) is 29.5 Å². The van der Waals surface area contributed by atoms with E-state index in [0.29, 0.717) is 13.0 Å². The van der Waals surface area contributed by atoms with Crippen LogP contribution in [0, 0.1) is 12.3 Å². The summed E-state index contributed by atoms with van der Waals surface area (Å²) in [5.41, 5.74) is 1.07. The number of para-hydroxylation sites is 1. The zero-order valence-electron chi connectivity index (χ0n) is 7.81. The summed E-state index contributed by atoms with van der Waals surface area (Å²) in [4.78, 5) is 0. The molecule has 2 atom stereocenters. The monoisotopic (exact) mass is 188 g/mol. The van der Waals surface area contributed by atoms with Crippen molar-refractivity contribution in [1.82, 2.24) is 0 Å². The Morgan fingerprint density at radius 2 is 2.36 bits per heavy atom. The predicted octanol–water partition coefficient (Wildman–Crippen LogP) is 1.55. The minimum atomic E-state index is -0.497. The van der Waals surface area contributed by atoms with Gasteiger partial charge in [0.2, 0.25) is 0 Å². The number of aliphatic hydroxyl groups is 1. The van der Waals surface area contributed by atoms with Crippen LogP contribution in [0.2, 0.25) is 0 Å². The van der Waals surface area contributed by atoms with Crippen molar-refractivity contribution < 1.29 is 9.84 Å². The van der Waals surface area contributed by atoms with Gasteiger partial charge in [0, 0.05) is 17.9 Å². The molecule has 0 amide bonds. The van der Waals surface area contributed by atoms with Crippen LogP contribution >= 0.6 is 0 Å². The molecular weight excluding hydrogens is 176 g/mol. The van der Waals surface area contributed by atoms with Gasteiger partial charge in [-0.1, -0.05) is 18.2 Å². The molecule has 0 spiro atoms. The lowest BCUT2D eigenvalue weighted by molar-refractivity contribution is 0.133. The van der Waals surface area contributed by atoms with Crippen molar-refractivity contribution in [2.24, 2.45) is 0 Å². The molecule has 0 bridgehead atoms. The molecule has 1 aliphatic heterocycles. The fourth-order valence-electron chi connectivity index (χ4n) is 1.77. The third-order valence-electron chi connectivity index (χ3n) is 2.53. The average molecular weight is 188 g/mol. The van der Waals surface area contributed by atoms with E-state index >= 15 is 0 Å². The van der Waals surface area contributed by atoms with Gasteiger partial charge in [-0.15, -0.1) is 12.3 Å². The van der Waals surface area contributed by atoms with Crippen LogP contribution in [0.5, 0.6) is 5.75 Å². The molecule has 0 saturated heterocycles. The summed E-state index contributed by atoms with van der Waals surface area (Å²) < 4.78 is 5.45. The number of hydrogen-bond acceptors (Lipinski definition) is 2. The average Bonchev–Trinajstić information content (AvgIpc) is 2.61. The first-order chi connectivity index (χ1) is 6.83. The molecular formula is C12H12O2. The van der Waals surface area contributed by atoms with Crippen LogP contribution in [0.1, 0.15) is 17.9 Å². The Bertz CT molecular complexity index is 365. The quantitative estimate of drug-likeness (QED) is 0.713. The number of aliphatic hydroxyl groups excluding tert-OH is 1. The van der Waals surface area contributed by atoms with E-state index < -0.39 is 6.10 Å². The fraction of sp³-hybridized carbons (Fsp3) is 0.333. The normalized spacial score (nSPS) is 20.7. The molecule has 14 heavy (non-hydrogen) atoms. The highest BCUT2D eigenvalue weighted by Gasteiger charge is 2.29. The molecule has 2 unspecified atom stereocenters. The Morgan fingerprint density at radius 3 is 3.14 bits per heavy atom. The van der Waals surface area contributed by atoms with Gasteiger partial charge in [-0.05, 0) is 6.07 Å². The van der Waals surface area contributed by atoms with Crippen molar-refractivity contribution in [2.45, 2.75) is 18.4 Å². The van der Waals surface area contributed by atoms with Gasteiger partial charge in [-0.25, -0.2) is 0 Å². The zero-order chi connectivity index (χ0) is 9.97. The second kappa shape index (κ2) is 3.73. The molecule has 1 aromatic rings. The largest absolute Gasteiger partial charge is 0.493 e. The maximum atomic E-state index is 9.77. The number of ether oxygens (including phenoxy) is 1. The molecule has 1 N–H and O–H groups in total. The lowest BCUT2D eigenvalue weighted by Gasteiger charge is -2.13. The van der Waals surface area contributed by atoms with Crippen molar-refractivity contribution >= 4 is 0 Å². The van der Waals surface area contributed by atoms with Crippen LogP contribution < -0.4 is 4.74 Å². The van der Waals surface area contributed by atoms with Crippen molar-refractivity contribution in [3.8, 4) is 18.1 Å². The minimum Gasteiger partial charge on any atom is -0.493 e. The van der Waals surface area contributed by atoms with Crippen LogP contribution in [0.25, 0.3) is 0 Å². The van der Waals surface area contributed by atoms with E-state index in [-0.39, 0.29) is 5.92 Å². The Hall–Kier alpha value is -1.46. The highest BCUT2D eigenvalue weighted by atomic mass is 16.5.